The second kappa shape index (κ2) is 6.04. The summed E-state index contributed by atoms with van der Waals surface area (Å²) in [4.78, 5) is 26.5. The van der Waals surface area contributed by atoms with E-state index in [9.17, 15) is 4.79 Å². The molecule has 0 unspecified atom stereocenters. The van der Waals surface area contributed by atoms with E-state index >= 15 is 0 Å². The third kappa shape index (κ3) is 3.37. The molecule has 0 spiro atoms. The predicted molar refractivity (Wildman–Crippen MR) is 95.7 cm³/mol. The van der Waals surface area contributed by atoms with E-state index < -0.39 is 11.7 Å². The van der Waals surface area contributed by atoms with Gasteiger partial charge in [-0.2, -0.15) is 0 Å². The van der Waals surface area contributed by atoms with Crippen LogP contribution in [0.25, 0.3) is 16.9 Å². The highest BCUT2D eigenvalue weighted by Gasteiger charge is 2.24. The Morgan fingerprint density at radius 3 is 2.48 bits per heavy atom. The van der Waals surface area contributed by atoms with Crippen LogP contribution in [0.1, 0.15) is 20.8 Å². The zero-order valence-electron chi connectivity index (χ0n) is 14.6. The average Bonchev–Trinajstić information content (AvgIpc) is 2.97. The zero-order valence-corrected chi connectivity index (χ0v) is 14.6. The van der Waals surface area contributed by atoms with E-state index in [1.165, 1.54) is 11.2 Å². The zero-order chi connectivity index (χ0) is 18.2. The normalized spacial score (nSPS) is 11.5. The number of nitrogen functional groups attached to an aromatic ring is 1. The molecule has 0 fully saturated rings. The number of rotatable bonds is 2. The predicted octanol–water partition coefficient (Wildman–Crippen LogP) is 2.77. The molecule has 0 aliphatic rings. The van der Waals surface area contributed by atoms with Crippen molar-refractivity contribution in [1.82, 2.24) is 19.5 Å². The Morgan fingerprint density at radius 2 is 1.84 bits per heavy atom. The minimum Gasteiger partial charge on any atom is -0.443 e. The van der Waals surface area contributed by atoms with E-state index in [4.69, 9.17) is 10.5 Å². The summed E-state index contributed by atoms with van der Waals surface area (Å²) in [5, 5.41) is 0. The first kappa shape index (κ1) is 16.7. The second-order valence-corrected chi connectivity index (χ2v) is 6.61. The second-order valence-electron chi connectivity index (χ2n) is 6.61. The van der Waals surface area contributed by atoms with Gasteiger partial charge in [-0.1, -0.05) is 0 Å². The first-order valence-electron chi connectivity index (χ1n) is 7.77. The first-order chi connectivity index (χ1) is 11.8. The Kier molecular flexibility index (Phi) is 4.03. The van der Waals surface area contributed by atoms with Crippen LogP contribution in [0.3, 0.4) is 0 Å². The monoisotopic (exact) mass is 340 g/mol. The molecule has 3 rings (SSSR count). The maximum absolute atomic E-state index is 12.4. The third-order valence-electron chi connectivity index (χ3n) is 3.48. The number of anilines is 2. The van der Waals surface area contributed by atoms with Crippen molar-refractivity contribution < 1.29 is 9.53 Å². The maximum atomic E-state index is 12.4. The number of carbonyl (C=O) groups excluding carboxylic acids is 1. The van der Waals surface area contributed by atoms with E-state index in [0.29, 0.717) is 22.7 Å². The number of benzene rings is 1. The molecule has 2 heterocycles. The van der Waals surface area contributed by atoms with Gasteiger partial charge in [0, 0.05) is 18.4 Å². The molecule has 8 heteroatoms. The number of ether oxygens (including phenoxy) is 1. The van der Waals surface area contributed by atoms with Crippen molar-refractivity contribution in [3.8, 4) is 5.69 Å². The summed E-state index contributed by atoms with van der Waals surface area (Å²) < 4.78 is 7.23. The number of amides is 1. The summed E-state index contributed by atoms with van der Waals surface area (Å²) in [6.07, 6.45) is 2.51. The Balaban J connectivity index is 2.08. The van der Waals surface area contributed by atoms with Gasteiger partial charge >= 0.3 is 6.09 Å². The highest BCUT2D eigenvalue weighted by Crippen LogP contribution is 2.26. The molecular weight excluding hydrogens is 320 g/mol. The van der Waals surface area contributed by atoms with Gasteiger partial charge in [0.2, 0.25) is 0 Å². The summed E-state index contributed by atoms with van der Waals surface area (Å²) in [7, 11) is 1.61. The van der Waals surface area contributed by atoms with Gasteiger partial charge in [0.25, 0.3) is 0 Å². The average molecular weight is 340 g/mol. The van der Waals surface area contributed by atoms with Crippen molar-refractivity contribution in [2.24, 2.45) is 0 Å². The number of aromatic nitrogens is 4. The van der Waals surface area contributed by atoms with Crippen LogP contribution in [0.2, 0.25) is 0 Å². The quantitative estimate of drug-likeness (QED) is 0.720. The molecule has 0 radical (unpaired) electrons. The van der Waals surface area contributed by atoms with Crippen LogP contribution in [-0.4, -0.2) is 38.3 Å². The topological polar surface area (TPSA) is 99.2 Å². The molecule has 2 aromatic heterocycles. The van der Waals surface area contributed by atoms with Crippen molar-refractivity contribution in [1.29, 1.82) is 0 Å². The minimum atomic E-state index is -0.602. The lowest BCUT2D eigenvalue weighted by atomic mass is 10.2. The summed E-state index contributed by atoms with van der Waals surface area (Å²) in [6.45, 7) is 5.44. The molecule has 0 saturated carbocycles. The number of hydrogen-bond donors (Lipinski definition) is 1. The molecule has 3 aromatic rings. The lowest BCUT2D eigenvalue weighted by Crippen LogP contribution is -2.34. The first-order valence-corrected chi connectivity index (χ1v) is 7.77. The Hall–Kier alpha value is -3.16. The lowest BCUT2D eigenvalue weighted by molar-refractivity contribution is 0.0588. The largest absolute Gasteiger partial charge is 0.443 e. The highest BCUT2D eigenvalue weighted by molar-refractivity contribution is 5.95. The van der Waals surface area contributed by atoms with Gasteiger partial charge in [-0.05, 0) is 45.0 Å². The van der Waals surface area contributed by atoms with E-state index in [1.807, 2.05) is 37.5 Å². The van der Waals surface area contributed by atoms with Crippen molar-refractivity contribution >= 4 is 28.8 Å². The summed E-state index contributed by atoms with van der Waals surface area (Å²) >= 11 is 0. The minimum absolute atomic E-state index is 0.411. The maximum Gasteiger partial charge on any atom is 0.415 e. The van der Waals surface area contributed by atoms with Crippen molar-refractivity contribution in [2.45, 2.75) is 26.4 Å². The number of imidazole rings is 1. The molecule has 25 heavy (non-hydrogen) atoms. The molecular formula is C17H20N6O2. The standard InChI is InChI=1S/C17H20N6O2/c1-17(2,3)25-16(24)22(4)15-13-14(19-9-20-15)21-10-23(13)12-7-5-11(18)6-8-12/h5-10H,18H2,1-4H3. The van der Waals surface area contributed by atoms with Crippen LogP contribution >= 0.6 is 0 Å². The third-order valence-corrected chi connectivity index (χ3v) is 3.48. The number of nitrogens with zero attached hydrogens (tertiary/aromatic N) is 5. The van der Waals surface area contributed by atoms with Gasteiger partial charge in [0.1, 0.15) is 23.8 Å². The van der Waals surface area contributed by atoms with Crippen LogP contribution < -0.4 is 10.6 Å². The van der Waals surface area contributed by atoms with Gasteiger partial charge in [-0.25, -0.2) is 19.7 Å². The molecule has 0 aliphatic heterocycles. The molecule has 8 nitrogen and oxygen atoms in total. The Morgan fingerprint density at radius 1 is 1.16 bits per heavy atom. The molecule has 1 aromatic carbocycles. The molecule has 0 aliphatic carbocycles. The fourth-order valence-corrected chi connectivity index (χ4v) is 2.33. The highest BCUT2D eigenvalue weighted by atomic mass is 16.6. The van der Waals surface area contributed by atoms with Crippen LogP contribution in [0.15, 0.2) is 36.9 Å². The van der Waals surface area contributed by atoms with Crippen LogP contribution in [0.4, 0.5) is 16.3 Å². The van der Waals surface area contributed by atoms with Crippen LogP contribution in [-0.2, 0) is 4.74 Å². The van der Waals surface area contributed by atoms with Crippen LogP contribution in [0.5, 0.6) is 0 Å². The summed E-state index contributed by atoms with van der Waals surface area (Å²) in [5.74, 6) is 0.411. The van der Waals surface area contributed by atoms with E-state index in [0.717, 1.165) is 5.69 Å². The van der Waals surface area contributed by atoms with Gasteiger partial charge in [-0.15, -0.1) is 0 Å². The van der Waals surface area contributed by atoms with E-state index in [1.54, 1.807) is 25.5 Å². The molecule has 1 amide bonds. The number of hydrogen-bond acceptors (Lipinski definition) is 6. The number of fused-ring (bicyclic) bond motifs is 1. The van der Waals surface area contributed by atoms with Gasteiger partial charge in [0.05, 0.1) is 0 Å². The van der Waals surface area contributed by atoms with Crippen molar-refractivity contribution in [2.75, 3.05) is 17.7 Å². The SMILES string of the molecule is CN(C(=O)OC(C)(C)C)c1ncnc2ncn(-c3ccc(N)cc3)c12. The van der Waals surface area contributed by atoms with Gasteiger partial charge in [-0.3, -0.25) is 9.47 Å². The van der Waals surface area contributed by atoms with E-state index in [2.05, 4.69) is 15.0 Å². The fraction of sp³-hybridized carbons (Fsp3) is 0.294. The number of carbonyl (C=O) groups is 1. The van der Waals surface area contributed by atoms with Crippen molar-refractivity contribution in [3.05, 3.63) is 36.9 Å². The van der Waals surface area contributed by atoms with Gasteiger partial charge in [0.15, 0.2) is 11.5 Å². The Bertz CT molecular complexity index is 911. The van der Waals surface area contributed by atoms with Gasteiger partial charge < -0.3 is 10.5 Å². The number of nitrogens with two attached hydrogens (primary N) is 1. The smallest absolute Gasteiger partial charge is 0.415 e. The summed E-state index contributed by atoms with van der Waals surface area (Å²) in [6, 6.07) is 7.31. The lowest BCUT2D eigenvalue weighted by Gasteiger charge is -2.24. The molecule has 130 valence electrons. The van der Waals surface area contributed by atoms with E-state index in [-0.39, 0.29) is 0 Å². The van der Waals surface area contributed by atoms with Crippen molar-refractivity contribution in [3.63, 3.8) is 0 Å². The Labute approximate surface area is 145 Å². The molecule has 0 atom stereocenters. The summed E-state index contributed by atoms with van der Waals surface area (Å²) in [5.41, 5.74) is 7.74. The van der Waals surface area contributed by atoms with Crippen LogP contribution in [0, 0.1) is 0 Å². The molecule has 2 N–H and O–H groups in total. The molecule has 0 bridgehead atoms. The fourth-order valence-electron chi connectivity index (χ4n) is 2.33. The molecule has 0 saturated heterocycles.